The average molecular weight is 229 g/mol. The maximum atomic E-state index is 3.91. The van der Waals surface area contributed by atoms with Crippen LogP contribution in [-0.2, 0) is 7.05 Å². The molecule has 0 saturated carbocycles. The fraction of sp³-hybridized carbons (Fsp3) is 0.889. The molecule has 1 heterocycles. The highest BCUT2D eigenvalue weighted by atomic mass is 32.2. The topological polar surface area (TPSA) is 55.6 Å². The Morgan fingerprint density at radius 1 is 1.53 bits per heavy atom. The van der Waals surface area contributed by atoms with Crippen LogP contribution in [0.1, 0.15) is 26.7 Å². The van der Waals surface area contributed by atoms with Crippen LogP contribution in [0.15, 0.2) is 5.16 Å². The van der Waals surface area contributed by atoms with Crippen LogP contribution in [0.25, 0.3) is 0 Å². The molecule has 1 rings (SSSR count). The Morgan fingerprint density at radius 3 is 2.93 bits per heavy atom. The molecular weight excluding hydrogens is 210 g/mol. The smallest absolute Gasteiger partial charge is 0.209 e. The predicted molar refractivity (Wildman–Crippen MR) is 61.9 cm³/mol. The largest absolute Gasteiger partial charge is 0.313 e. The third kappa shape index (κ3) is 4.61. The zero-order chi connectivity index (χ0) is 11.1. The molecule has 6 heteroatoms. The summed E-state index contributed by atoms with van der Waals surface area (Å²) in [6, 6.07) is 0.605. The van der Waals surface area contributed by atoms with Gasteiger partial charge in [0.25, 0.3) is 0 Å². The van der Waals surface area contributed by atoms with E-state index in [1.54, 1.807) is 16.4 Å². The van der Waals surface area contributed by atoms with E-state index in [0.717, 1.165) is 17.5 Å². The summed E-state index contributed by atoms with van der Waals surface area (Å²) in [7, 11) is 1.86. The van der Waals surface area contributed by atoms with Gasteiger partial charge in [-0.1, -0.05) is 25.1 Å². The number of thioether (sulfide) groups is 1. The number of hydrogen-bond acceptors (Lipinski definition) is 5. The molecule has 0 radical (unpaired) electrons. The lowest BCUT2D eigenvalue weighted by molar-refractivity contribution is 0.526. The van der Waals surface area contributed by atoms with Gasteiger partial charge in [0.2, 0.25) is 5.16 Å². The summed E-state index contributed by atoms with van der Waals surface area (Å²) >= 11 is 1.68. The van der Waals surface area contributed by atoms with Crippen molar-refractivity contribution in [1.82, 2.24) is 25.5 Å². The van der Waals surface area contributed by atoms with Crippen LogP contribution in [0, 0.1) is 0 Å². The number of nitrogens with zero attached hydrogens (tertiary/aromatic N) is 4. The van der Waals surface area contributed by atoms with Crippen LogP contribution in [-0.4, -0.2) is 38.5 Å². The van der Waals surface area contributed by atoms with Gasteiger partial charge in [0.1, 0.15) is 0 Å². The Morgan fingerprint density at radius 2 is 2.33 bits per heavy atom. The van der Waals surface area contributed by atoms with Crippen LogP contribution in [0.4, 0.5) is 0 Å². The van der Waals surface area contributed by atoms with Crippen molar-refractivity contribution in [3.63, 3.8) is 0 Å². The first-order valence-corrected chi connectivity index (χ1v) is 6.31. The lowest BCUT2D eigenvalue weighted by Crippen LogP contribution is -2.27. The molecule has 0 fully saturated rings. The van der Waals surface area contributed by atoms with E-state index in [4.69, 9.17) is 0 Å². The fourth-order valence-electron chi connectivity index (χ4n) is 1.33. The predicted octanol–water partition coefficient (Wildman–Crippen LogP) is 1.08. The normalized spacial score (nSPS) is 13.0. The summed E-state index contributed by atoms with van der Waals surface area (Å²) in [6.07, 6.45) is 2.46. The van der Waals surface area contributed by atoms with Crippen LogP contribution < -0.4 is 5.32 Å². The van der Waals surface area contributed by atoms with Crippen molar-refractivity contribution in [2.45, 2.75) is 37.9 Å². The molecule has 1 atom stereocenters. The minimum Gasteiger partial charge on any atom is -0.313 e. The monoisotopic (exact) mass is 229 g/mol. The van der Waals surface area contributed by atoms with Gasteiger partial charge >= 0.3 is 0 Å². The Kier molecular flexibility index (Phi) is 5.63. The Bertz CT molecular complexity index is 275. The third-order valence-corrected chi connectivity index (χ3v) is 3.14. The molecule has 0 amide bonds. The van der Waals surface area contributed by atoms with Gasteiger partial charge in [-0.25, -0.2) is 4.68 Å². The second-order valence-corrected chi connectivity index (χ2v) is 4.64. The van der Waals surface area contributed by atoms with Crippen molar-refractivity contribution in [2.24, 2.45) is 7.05 Å². The molecule has 0 saturated heterocycles. The number of hydrogen-bond donors (Lipinski definition) is 1. The molecule has 15 heavy (non-hydrogen) atoms. The molecule has 0 spiro atoms. The summed E-state index contributed by atoms with van der Waals surface area (Å²) in [5.74, 6) is 1.00. The van der Waals surface area contributed by atoms with Gasteiger partial charge in [-0.2, -0.15) is 0 Å². The second kappa shape index (κ2) is 6.79. The minimum absolute atomic E-state index is 0.605. The summed E-state index contributed by atoms with van der Waals surface area (Å²) in [5, 5.41) is 15.6. The summed E-state index contributed by atoms with van der Waals surface area (Å²) in [4.78, 5) is 0. The first kappa shape index (κ1) is 12.4. The van der Waals surface area contributed by atoms with E-state index in [-0.39, 0.29) is 0 Å². The Labute approximate surface area is 95.0 Å². The number of aromatic nitrogens is 4. The number of nitrogens with one attached hydrogen (secondary N) is 1. The lowest BCUT2D eigenvalue weighted by Gasteiger charge is -2.11. The Balaban J connectivity index is 2.09. The highest BCUT2D eigenvalue weighted by Crippen LogP contribution is 2.10. The number of aryl methyl sites for hydroxylation is 1. The molecule has 1 unspecified atom stereocenters. The van der Waals surface area contributed by atoms with Gasteiger partial charge < -0.3 is 5.32 Å². The zero-order valence-corrected chi connectivity index (χ0v) is 10.4. The van der Waals surface area contributed by atoms with Crippen LogP contribution in [0.5, 0.6) is 0 Å². The van der Waals surface area contributed by atoms with E-state index in [2.05, 4.69) is 34.7 Å². The van der Waals surface area contributed by atoms with Crippen LogP contribution in [0.2, 0.25) is 0 Å². The summed E-state index contributed by atoms with van der Waals surface area (Å²) in [6.45, 7) is 5.43. The van der Waals surface area contributed by atoms with E-state index in [1.165, 1.54) is 12.8 Å². The van der Waals surface area contributed by atoms with E-state index >= 15 is 0 Å². The molecule has 0 aromatic carbocycles. The van der Waals surface area contributed by atoms with Crippen molar-refractivity contribution >= 4 is 11.8 Å². The summed E-state index contributed by atoms with van der Waals surface area (Å²) in [5.41, 5.74) is 0. The van der Waals surface area contributed by atoms with Crippen molar-refractivity contribution in [2.75, 3.05) is 12.3 Å². The molecule has 1 aromatic rings. The second-order valence-electron chi connectivity index (χ2n) is 3.58. The van der Waals surface area contributed by atoms with Crippen molar-refractivity contribution < 1.29 is 0 Å². The highest BCUT2D eigenvalue weighted by Gasteiger charge is 2.03. The van der Waals surface area contributed by atoms with Crippen molar-refractivity contribution in [1.29, 1.82) is 0 Å². The van der Waals surface area contributed by atoms with Crippen LogP contribution in [0.3, 0.4) is 0 Å². The molecule has 0 aliphatic rings. The van der Waals surface area contributed by atoms with E-state index < -0.39 is 0 Å². The molecule has 1 N–H and O–H groups in total. The number of tetrazole rings is 1. The van der Waals surface area contributed by atoms with Crippen LogP contribution >= 0.6 is 11.8 Å². The SMILES string of the molecule is CCCC(C)NCCSc1nnnn1C. The Hall–Kier alpha value is -0.620. The molecule has 86 valence electrons. The van der Waals surface area contributed by atoms with E-state index in [9.17, 15) is 0 Å². The molecule has 5 nitrogen and oxygen atoms in total. The molecule has 0 aliphatic carbocycles. The molecular formula is C9H19N5S. The maximum Gasteiger partial charge on any atom is 0.209 e. The first-order chi connectivity index (χ1) is 7.24. The fourth-order valence-corrected chi connectivity index (χ4v) is 2.05. The van der Waals surface area contributed by atoms with Gasteiger partial charge in [-0.3, -0.25) is 0 Å². The van der Waals surface area contributed by atoms with E-state index in [0.29, 0.717) is 6.04 Å². The number of rotatable bonds is 7. The molecule has 1 aromatic heterocycles. The quantitative estimate of drug-likeness (QED) is 0.560. The average Bonchev–Trinajstić information content (AvgIpc) is 2.60. The summed E-state index contributed by atoms with van der Waals surface area (Å²) < 4.78 is 1.69. The maximum absolute atomic E-state index is 3.91. The van der Waals surface area contributed by atoms with E-state index in [1.807, 2.05) is 7.05 Å². The highest BCUT2D eigenvalue weighted by molar-refractivity contribution is 7.99. The first-order valence-electron chi connectivity index (χ1n) is 5.32. The minimum atomic E-state index is 0.605. The van der Waals surface area contributed by atoms with Gasteiger partial charge in [-0.05, 0) is 23.8 Å². The zero-order valence-electron chi connectivity index (χ0n) is 9.60. The third-order valence-electron chi connectivity index (χ3n) is 2.13. The van der Waals surface area contributed by atoms with Crippen molar-refractivity contribution in [3.8, 4) is 0 Å². The molecule has 0 bridgehead atoms. The van der Waals surface area contributed by atoms with Crippen molar-refractivity contribution in [3.05, 3.63) is 0 Å². The molecule has 0 aliphatic heterocycles. The van der Waals surface area contributed by atoms with Gasteiger partial charge in [0.15, 0.2) is 0 Å². The lowest BCUT2D eigenvalue weighted by atomic mass is 10.2. The van der Waals surface area contributed by atoms with Gasteiger partial charge in [0.05, 0.1) is 0 Å². The van der Waals surface area contributed by atoms with Gasteiger partial charge in [0, 0.05) is 25.4 Å². The standard InChI is InChI=1S/C9H19N5S/c1-4-5-8(2)10-6-7-15-9-11-12-13-14(9)3/h8,10H,4-7H2,1-3H3. The van der Waals surface area contributed by atoms with Gasteiger partial charge in [-0.15, -0.1) is 5.10 Å².